The summed E-state index contributed by atoms with van der Waals surface area (Å²) in [5.74, 6) is 1.77. The Labute approximate surface area is 383 Å². The fourth-order valence-electron chi connectivity index (χ4n) is 9.35. The van der Waals surface area contributed by atoms with Gasteiger partial charge in [0.2, 0.25) is 0 Å². The topological polar surface area (TPSA) is 0 Å². The molecular formula is C61H87P. The van der Waals surface area contributed by atoms with Crippen molar-refractivity contribution in [2.24, 2.45) is 11.8 Å². The Balaban J connectivity index is 0.000000256. The summed E-state index contributed by atoms with van der Waals surface area (Å²) in [7, 11) is -0.188. The van der Waals surface area contributed by atoms with Crippen molar-refractivity contribution < 1.29 is 0 Å². The zero-order valence-electron chi connectivity index (χ0n) is 42.6. The fourth-order valence-corrected chi connectivity index (χ4v) is 12.4. The van der Waals surface area contributed by atoms with Gasteiger partial charge in [0.25, 0.3) is 0 Å². The van der Waals surface area contributed by atoms with Crippen molar-refractivity contribution in [3.8, 4) is 11.1 Å². The molecule has 3 unspecified atom stereocenters. The molecule has 0 spiro atoms. The van der Waals surface area contributed by atoms with E-state index in [1.54, 1.807) is 5.56 Å². The summed E-state index contributed by atoms with van der Waals surface area (Å²) in [6.45, 7) is 39.4. The monoisotopic (exact) mass is 851 g/mol. The fraction of sp³-hybridized carbons (Fsp3) is 0.508. The van der Waals surface area contributed by atoms with Gasteiger partial charge in [0.1, 0.15) is 0 Å². The van der Waals surface area contributed by atoms with Gasteiger partial charge in [0, 0.05) is 5.66 Å². The van der Waals surface area contributed by atoms with Gasteiger partial charge in [-0.3, -0.25) is 0 Å². The molecule has 5 aromatic carbocycles. The first kappa shape index (κ1) is 51.2. The molecule has 0 amide bonds. The number of benzene rings is 5. The Morgan fingerprint density at radius 3 is 1.21 bits per heavy atom. The molecule has 0 bridgehead atoms. The molecule has 3 atom stereocenters. The Bertz CT molecular complexity index is 1970. The van der Waals surface area contributed by atoms with E-state index in [0.717, 1.165) is 11.8 Å². The van der Waals surface area contributed by atoms with E-state index in [1.807, 2.05) is 0 Å². The van der Waals surface area contributed by atoms with Gasteiger partial charge >= 0.3 is 0 Å². The Morgan fingerprint density at radius 2 is 0.887 bits per heavy atom. The highest BCUT2D eigenvalue weighted by Gasteiger charge is 2.32. The molecule has 62 heavy (non-hydrogen) atoms. The molecule has 0 N–H and O–H groups in total. The molecule has 6 rings (SSSR count). The molecule has 0 aromatic heterocycles. The average Bonchev–Trinajstić information content (AvgIpc) is 3.60. The second-order valence-electron chi connectivity index (χ2n) is 22.8. The Morgan fingerprint density at radius 1 is 0.516 bits per heavy atom. The van der Waals surface area contributed by atoms with Crippen LogP contribution < -0.4 is 0 Å². The van der Waals surface area contributed by atoms with Crippen molar-refractivity contribution in [3.63, 3.8) is 0 Å². The highest BCUT2D eigenvalue weighted by atomic mass is 31.1. The zero-order valence-corrected chi connectivity index (χ0v) is 43.5. The quantitative estimate of drug-likeness (QED) is 0.130. The van der Waals surface area contributed by atoms with Crippen LogP contribution in [-0.4, -0.2) is 0 Å². The van der Waals surface area contributed by atoms with E-state index in [-0.39, 0.29) is 29.6 Å². The summed E-state index contributed by atoms with van der Waals surface area (Å²) in [5, 5.41) is 0. The lowest BCUT2D eigenvalue weighted by Crippen LogP contribution is -2.20. The molecule has 1 aliphatic rings. The summed E-state index contributed by atoms with van der Waals surface area (Å²) in [6, 6.07) is 43.6. The number of hydrogen-bond donors (Lipinski definition) is 0. The van der Waals surface area contributed by atoms with Crippen LogP contribution in [0.3, 0.4) is 0 Å². The van der Waals surface area contributed by atoms with Crippen LogP contribution in [0.1, 0.15) is 192 Å². The number of hydrogen-bond acceptors (Lipinski definition) is 0. The van der Waals surface area contributed by atoms with Gasteiger partial charge in [-0.2, -0.15) is 0 Å². The molecule has 0 saturated heterocycles. The van der Waals surface area contributed by atoms with Gasteiger partial charge in [-0.1, -0.05) is 253 Å². The van der Waals surface area contributed by atoms with E-state index in [4.69, 9.17) is 0 Å². The normalized spacial score (nSPS) is 16.3. The van der Waals surface area contributed by atoms with Crippen LogP contribution in [0.4, 0.5) is 0 Å². The van der Waals surface area contributed by atoms with E-state index >= 15 is 0 Å². The summed E-state index contributed by atoms with van der Waals surface area (Å²) in [5.41, 5.74) is 17.1. The molecule has 1 aliphatic carbocycles. The number of rotatable bonds is 9. The lowest BCUT2D eigenvalue weighted by atomic mass is 9.73. The Kier molecular flexibility index (Phi) is 18.1. The first-order chi connectivity index (χ1) is 28.9. The standard InChI is InChI=1S/C30H46.C28H33P.C3H8/c1-19-23(15-21(27(3,4)5)17-25(19)29(9,10)11)24-16-22(28(6,7)8)18-26(20(24)2)30(12,13)14;1-23-12-11-19-27(23)20-28(26-17-9-4-10-18-26)29(21-24-13-5-2-6-14-24)22-25-15-7-3-8-16-25;1-3-2/h15-18H,1-14H3;2-10,13-18,23,27-28H,11-12,19-22H2,1H3;3H2,1-2H3. The van der Waals surface area contributed by atoms with Crippen LogP contribution in [0.5, 0.6) is 0 Å². The maximum atomic E-state index is 2.48. The maximum Gasteiger partial charge on any atom is 0.00505 e. The van der Waals surface area contributed by atoms with Crippen LogP contribution in [0.15, 0.2) is 115 Å². The second kappa shape index (κ2) is 21.9. The summed E-state index contributed by atoms with van der Waals surface area (Å²) in [4.78, 5) is 0. The summed E-state index contributed by atoms with van der Waals surface area (Å²) in [6.07, 6.45) is 9.29. The van der Waals surface area contributed by atoms with Crippen LogP contribution in [0.2, 0.25) is 0 Å². The van der Waals surface area contributed by atoms with Gasteiger partial charge in [0.15, 0.2) is 0 Å². The highest BCUT2D eigenvalue weighted by Crippen LogP contribution is 2.60. The third-order valence-electron chi connectivity index (χ3n) is 13.1. The van der Waals surface area contributed by atoms with E-state index in [9.17, 15) is 0 Å². The Hall–Kier alpha value is -3.47. The summed E-state index contributed by atoms with van der Waals surface area (Å²) < 4.78 is 0. The van der Waals surface area contributed by atoms with Crippen molar-refractivity contribution in [2.45, 2.75) is 189 Å². The van der Waals surface area contributed by atoms with Crippen LogP contribution in [0, 0.1) is 25.7 Å². The SMILES string of the molecule is CC1CCCC1CC(c1ccccc1)P(Cc1ccccc1)Cc1ccccc1.CCC.Cc1c(-c2cc(C(C)(C)C)cc(C(C)(C)C)c2C)cc(C(C)(C)C)cc1C(C)(C)C. The molecule has 1 saturated carbocycles. The molecule has 0 heterocycles. The lowest BCUT2D eigenvalue weighted by Gasteiger charge is -2.32. The molecular weight excluding hydrogens is 764 g/mol. The third kappa shape index (κ3) is 14.3. The van der Waals surface area contributed by atoms with Crippen LogP contribution in [-0.2, 0) is 34.0 Å². The smallest absolute Gasteiger partial charge is 0.00505 e. The summed E-state index contributed by atoms with van der Waals surface area (Å²) >= 11 is 0. The first-order valence-electron chi connectivity index (χ1n) is 24.1. The minimum Gasteiger partial charge on any atom is -0.0900 e. The van der Waals surface area contributed by atoms with E-state index < -0.39 is 0 Å². The highest BCUT2D eigenvalue weighted by molar-refractivity contribution is 7.56. The molecule has 0 nitrogen and oxygen atoms in total. The molecule has 1 heteroatoms. The van der Waals surface area contributed by atoms with Gasteiger partial charge < -0.3 is 0 Å². The van der Waals surface area contributed by atoms with E-state index in [2.05, 4.69) is 233 Å². The van der Waals surface area contributed by atoms with Crippen molar-refractivity contribution in [1.82, 2.24) is 0 Å². The van der Waals surface area contributed by atoms with Crippen molar-refractivity contribution in [2.75, 3.05) is 0 Å². The molecule has 0 aliphatic heterocycles. The minimum absolute atomic E-state index is 0.114. The van der Waals surface area contributed by atoms with E-state index in [1.165, 1.54) is 100 Å². The van der Waals surface area contributed by atoms with Gasteiger partial charge in [-0.15, -0.1) is 0 Å². The van der Waals surface area contributed by atoms with E-state index in [0.29, 0.717) is 5.66 Å². The predicted octanol–water partition coefficient (Wildman–Crippen LogP) is 19.0. The van der Waals surface area contributed by atoms with Crippen molar-refractivity contribution >= 4 is 7.92 Å². The molecule has 336 valence electrons. The maximum absolute atomic E-state index is 2.48. The van der Waals surface area contributed by atoms with Crippen LogP contribution in [0.25, 0.3) is 11.1 Å². The first-order valence-corrected chi connectivity index (χ1v) is 25.9. The second-order valence-corrected chi connectivity index (χ2v) is 25.2. The van der Waals surface area contributed by atoms with Gasteiger partial charge in [-0.05, 0) is 127 Å². The van der Waals surface area contributed by atoms with Crippen molar-refractivity contribution in [3.05, 3.63) is 165 Å². The minimum atomic E-state index is -0.188. The molecule has 1 fully saturated rings. The van der Waals surface area contributed by atoms with Gasteiger partial charge in [0.05, 0.1) is 0 Å². The predicted molar refractivity (Wildman–Crippen MR) is 280 cm³/mol. The average molecular weight is 851 g/mol. The van der Waals surface area contributed by atoms with Crippen LogP contribution >= 0.6 is 7.92 Å². The largest absolute Gasteiger partial charge is 0.0900 e. The molecule has 0 radical (unpaired) electrons. The zero-order chi connectivity index (χ0) is 46.0. The van der Waals surface area contributed by atoms with Crippen molar-refractivity contribution in [1.29, 1.82) is 0 Å². The van der Waals surface area contributed by atoms with Gasteiger partial charge in [-0.25, -0.2) is 0 Å². The lowest BCUT2D eigenvalue weighted by molar-refractivity contribution is 0.387. The molecule has 5 aromatic rings. The third-order valence-corrected chi connectivity index (χ3v) is 16.0.